The predicted octanol–water partition coefficient (Wildman–Crippen LogP) is 1.73. The molecule has 4 aliphatic rings. The van der Waals surface area contributed by atoms with Crippen molar-refractivity contribution in [3.8, 4) is 0 Å². The maximum atomic E-state index is 5.86. The second kappa shape index (κ2) is 1.88. The summed E-state index contributed by atoms with van der Waals surface area (Å²) in [6.45, 7) is 5.41. The van der Waals surface area contributed by atoms with E-state index in [1.165, 1.54) is 19.3 Å². The van der Waals surface area contributed by atoms with Crippen molar-refractivity contribution >= 4 is 0 Å². The van der Waals surface area contributed by atoms with Gasteiger partial charge in [0.25, 0.3) is 0 Å². The number of epoxide rings is 1. The Labute approximate surface area is 73.2 Å². The van der Waals surface area contributed by atoms with E-state index in [-0.39, 0.29) is 11.2 Å². The van der Waals surface area contributed by atoms with E-state index >= 15 is 0 Å². The lowest BCUT2D eigenvalue weighted by Gasteiger charge is -2.55. The van der Waals surface area contributed by atoms with E-state index < -0.39 is 0 Å². The number of rotatable bonds is 1. The first-order valence-corrected chi connectivity index (χ1v) is 4.93. The number of fused-ring (bicyclic) bond motifs is 2. The van der Waals surface area contributed by atoms with E-state index in [1.807, 2.05) is 0 Å². The van der Waals surface area contributed by atoms with Crippen molar-refractivity contribution in [1.29, 1.82) is 0 Å². The average Bonchev–Trinajstić information content (AvgIpc) is 2.67. The SMILES string of the molecule is CC12CCC(C3(C)CO3)C(C1)O2. The van der Waals surface area contributed by atoms with Crippen LogP contribution in [0.25, 0.3) is 0 Å². The maximum absolute atomic E-state index is 5.86. The van der Waals surface area contributed by atoms with Crippen LogP contribution in [0.3, 0.4) is 0 Å². The van der Waals surface area contributed by atoms with Gasteiger partial charge in [-0.1, -0.05) is 0 Å². The molecule has 2 heteroatoms. The molecule has 0 aromatic rings. The van der Waals surface area contributed by atoms with Crippen LogP contribution in [0, 0.1) is 5.92 Å². The van der Waals surface area contributed by atoms with Gasteiger partial charge in [0, 0.05) is 12.3 Å². The smallest absolute Gasteiger partial charge is 0.0941 e. The second-order valence-corrected chi connectivity index (χ2v) is 5.06. The minimum absolute atomic E-state index is 0.187. The van der Waals surface area contributed by atoms with Crippen molar-refractivity contribution in [2.24, 2.45) is 5.92 Å². The molecule has 3 saturated heterocycles. The minimum Gasteiger partial charge on any atom is -0.371 e. The quantitative estimate of drug-likeness (QED) is 0.556. The third kappa shape index (κ3) is 0.826. The van der Waals surface area contributed by atoms with Gasteiger partial charge in [0.2, 0.25) is 0 Å². The first-order chi connectivity index (χ1) is 5.61. The van der Waals surface area contributed by atoms with Gasteiger partial charge in [-0.3, -0.25) is 0 Å². The van der Waals surface area contributed by atoms with E-state index in [0.717, 1.165) is 6.61 Å². The Bertz CT molecular complexity index is 208. The fourth-order valence-electron chi connectivity index (χ4n) is 2.84. The molecule has 0 aromatic heterocycles. The van der Waals surface area contributed by atoms with Crippen LogP contribution in [0.4, 0.5) is 0 Å². The van der Waals surface area contributed by atoms with Crippen LogP contribution < -0.4 is 0 Å². The zero-order valence-corrected chi connectivity index (χ0v) is 7.80. The first kappa shape index (κ1) is 7.34. The van der Waals surface area contributed by atoms with Gasteiger partial charge < -0.3 is 9.47 Å². The van der Waals surface area contributed by atoms with Crippen molar-refractivity contribution < 1.29 is 9.47 Å². The number of hydrogen-bond acceptors (Lipinski definition) is 2. The van der Waals surface area contributed by atoms with Crippen LogP contribution in [0.5, 0.6) is 0 Å². The van der Waals surface area contributed by atoms with Crippen LogP contribution in [0.15, 0.2) is 0 Å². The Morgan fingerprint density at radius 3 is 2.42 bits per heavy atom. The predicted molar refractivity (Wildman–Crippen MR) is 45.0 cm³/mol. The third-order valence-corrected chi connectivity index (χ3v) is 3.89. The van der Waals surface area contributed by atoms with Crippen molar-refractivity contribution in [3.63, 3.8) is 0 Å². The van der Waals surface area contributed by atoms with Gasteiger partial charge in [-0.25, -0.2) is 0 Å². The molecular weight excluding hydrogens is 152 g/mol. The molecule has 3 heterocycles. The van der Waals surface area contributed by atoms with E-state index in [0.29, 0.717) is 12.0 Å². The molecule has 4 rings (SSSR count). The molecule has 0 N–H and O–H groups in total. The highest BCUT2D eigenvalue weighted by Crippen LogP contribution is 2.54. The number of ether oxygens (including phenoxy) is 2. The summed E-state index contributed by atoms with van der Waals surface area (Å²) in [5, 5.41) is 0. The standard InChI is InChI=1S/C10H16O2/c1-9-4-3-7(8(5-9)12-9)10(2)6-11-10/h7-8H,3-6H2,1-2H3. The monoisotopic (exact) mass is 168 g/mol. The highest BCUT2D eigenvalue weighted by Gasteiger charge is 2.59. The molecule has 3 aliphatic heterocycles. The Hall–Kier alpha value is -0.0800. The summed E-state index contributed by atoms with van der Waals surface area (Å²) >= 11 is 0. The van der Waals surface area contributed by atoms with Gasteiger partial charge in [0.15, 0.2) is 0 Å². The minimum atomic E-state index is 0.187. The van der Waals surface area contributed by atoms with E-state index in [1.54, 1.807) is 0 Å². The molecule has 0 spiro atoms. The fraction of sp³-hybridized carbons (Fsp3) is 1.00. The van der Waals surface area contributed by atoms with Gasteiger partial charge in [-0.05, 0) is 26.7 Å². The Balaban J connectivity index is 1.75. The molecule has 2 bridgehead atoms. The summed E-state index contributed by atoms with van der Waals surface area (Å²) in [5.41, 5.74) is 0.429. The van der Waals surface area contributed by atoms with E-state index in [4.69, 9.17) is 9.47 Å². The fourth-order valence-corrected chi connectivity index (χ4v) is 2.84. The molecular formula is C10H16O2. The summed E-state index contributed by atoms with van der Waals surface area (Å²) in [6.07, 6.45) is 4.30. The van der Waals surface area contributed by atoms with Crippen LogP contribution in [0.2, 0.25) is 0 Å². The molecule has 0 aromatic carbocycles. The average molecular weight is 168 g/mol. The molecule has 2 nitrogen and oxygen atoms in total. The summed E-state index contributed by atoms with van der Waals surface area (Å²) in [7, 11) is 0. The lowest BCUT2D eigenvalue weighted by Crippen LogP contribution is -2.58. The van der Waals surface area contributed by atoms with Crippen molar-refractivity contribution in [2.45, 2.75) is 50.4 Å². The molecule has 1 aliphatic carbocycles. The lowest BCUT2D eigenvalue weighted by atomic mass is 9.68. The molecule has 4 fully saturated rings. The van der Waals surface area contributed by atoms with Crippen LogP contribution >= 0.6 is 0 Å². The molecule has 4 atom stereocenters. The van der Waals surface area contributed by atoms with Gasteiger partial charge in [-0.15, -0.1) is 0 Å². The number of hydrogen-bond donors (Lipinski definition) is 0. The molecule has 0 radical (unpaired) electrons. The highest BCUT2D eigenvalue weighted by molar-refractivity contribution is 5.07. The maximum Gasteiger partial charge on any atom is 0.0941 e. The Kier molecular flexibility index (Phi) is 1.15. The molecule has 4 unspecified atom stereocenters. The third-order valence-electron chi connectivity index (χ3n) is 3.89. The second-order valence-electron chi connectivity index (χ2n) is 5.06. The zero-order valence-electron chi connectivity index (χ0n) is 7.80. The summed E-state index contributed by atoms with van der Waals surface area (Å²) < 4.78 is 11.3. The molecule has 12 heavy (non-hydrogen) atoms. The van der Waals surface area contributed by atoms with Gasteiger partial charge in [-0.2, -0.15) is 0 Å². The largest absolute Gasteiger partial charge is 0.371 e. The highest BCUT2D eigenvalue weighted by atomic mass is 16.6. The summed E-state index contributed by atoms with van der Waals surface area (Å²) in [4.78, 5) is 0. The van der Waals surface area contributed by atoms with Crippen molar-refractivity contribution in [3.05, 3.63) is 0 Å². The van der Waals surface area contributed by atoms with Crippen LogP contribution in [-0.4, -0.2) is 23.9 Å². The van der Waals surface area contributed by atoms with Gasteiger partial charge >= 0.3 is 0 Å². The Morgan fingerprint density at radius 1 is 1.33 bits per heavy atom. The normalized spacial score (nSPS) is 62.5. The van der Waals surface area contributed by atoms with Gasteiger partial charge in [0.05, 0.1) is 23.9 Å². The van der Waals surface area contributed by atoms with Crippen molar-refractivity contribution in [1.82, 2.24) is 0 Å². The lowest BCUT2D eigenvalue weighted by molar-refractivity contribution is -0.257. The molecule has 68 valence electrons. The summed E-state index contributed by atoms with van der Waals surface area (Å²) in [6, 6.07) is 0. The van der Waals surface area contributed by atoms with Crippen molar-refractivity contribution in [2.75, 3.05) is 6.61 Å². The molecule has 0 amide bonds. The van der Waals surface area contributed by atoms with E-state index in [2.05, 4.69) is 13.8 Å². The topological polar surface area (TPSA) is 21.8 Å². The van der Waals surface area contributed by atoms with E-state index in [9.17, 15) is 0 Å². The molecule has 1 saturated carbocycles. The zero-order chi connectivity index (χ0) is 8.40. The first-order valence-electron chi connectivity index (χ1n) is 4.93. The van der Waals surface area contributed by atoms with Gasteiger partial charge in [0.1, 0.15) is 0 Å². The van der Waals surface area contributed by atoms with Crippen LogP contribution in [-0.2, 0) is 9.47 Å². The Morgan fingerprint density at radius 2 is 2.00 bits per heavy atom. The van der Waals surface area contributed by atoms with Crippen LogP contribution in [0.1, 0.15) is 33.1 Å². The summed E-state index contributed by atoms with van der Waals surface area (Å²) in [5.74, 6) is 0.680.